The van der Waals surface area contributed by atoms with Gasteiger partial charge in [-0.1, -0.05) is 140 Å². The monoisotopic (exact) mass is 637 g/mol. The standard InChI is InChI=1S/C47H31N3/c1-6-16-37-30(11-1)25-26-48-46(37)31-21-23-32(24-22-31)47-49-44(42-27-33-12-2-4-14-35(33)38-17-7-9-19-40(38)42)29-45(50-47)43-28-34-13-3-5-15-36(34)39-18-8-10-20-41(39)43/h1-23,25-29,32H,24H2. The number of nitrogens with zero attached hydrogens (tertiary/aromatic N) is 3. The van der Waals surface area contributed by atoms with Crippen LogP contribution in [0.2, 0.25) is 0 Å². The summed E-state index contributed by atoms with van der Waals surface area (Å²) >= 11 is 0. The van der Waals surface area contributed by atoms with Gasteiger partial charge in [0.2, 0.25) is 0 Å². The van der Waals surface area contributed by atoms with Gasteiger partial charge in [0.25, 0.3) is 0 Å². The third kappa shape index (κ3) is 4.70. The second-order valence-electron chi connectivity index (χ2n) is 13.1. The summed E-state index contributed by atoms with van der Waals surface area (Å²) < 4.78 is 0. The fourth-order valence-corrected chi connectivity index (χ4v) is 7.78. The molecule has 1 atom stereocenters. The lowest BCUT2D eigenvalue weighted by atomic mass is 9.91. The highest BCUT2D eigenvalue weighted by Crippen LogP contribution is 2.40. The molecule has 234 valence electrons. The Kier molecular flexibility index (Phi) is 6.63. The van der Waals surface area contributed by atoms with Crippen LogP contribution in [0, 0.1) is 0 Å². The Balaban J connectivity index is 1.18. The highest BCUT2D eigenvalue weighted by molar-refractivity contribution is 6.15. The molecule has 0 fully saturated rings. The first-order valence-corrected chi connectivity index (χ1v) is 17.2. The van der Waals surface area contributed by atoms with E-state index in [9.17, 15) is 0 Å². The SMILES string of the molecule is C1=CC(c2nc(-c3cc4ccccc4c4ccccc34)cc(-c3cc4ccccc4c4ccccc34)n2)CC=C1c1nccc2ccccc12. The first kappa shape index (κ1) is 28.6. The molecule has 2 aromatic heterocycles. The fraction of sp³-hybridized carbons (Fsp3) is 0.0426. The lowest BCUT2D eigenvalue weighted by Crippen LogP contribution is -2.07. The number of rotatable bonds is 4. The Morgan fingerprint density at radius 3 is 1.52 bits per heavy atom. The smallest absolute Gasteiger partial charge is 0.136 e. The lowest BCUT2D eigenvalue weighted by Gasteiger charge is -2.19. The van der Waals surface area contributed by atoms with Gasteiger partial charge in [-0.2, -0.15) is 0 Å². The van der Waals surface area contributed by atoms with Crippen LogP contribution in [0.15, 0.2) is 170 Å². The molecule has 1 aliphatic carbocycles. The number of fused-ring (bicyclic) bond motifs is 7. The molecule has 3 nitrogen and oxygen atoms in total. The molecule has 0 spiro atoms. The summed E-state index contributed by atoms with van der Waals surface area (Å²) in [6.45, 7) is 0. The van der Waals surface area contributed by atoms with Crippen molar-refractivity contribution in [1.82, 2.24) is 15.0 Å². The Hall–Kier alpha value is -6.45. The molecule has 0 saturated heterocycles. The third-order valence-electron chi connectivity index (χ3n) is 10.2. The molecule has 3 heteroatoms. The topological polar surface area (TPSA) is 38.7 Å². The third-order valence-corrected chi connectivity index (χ3v) is 10.2. The van der Waals surface area contributed by atoms with E-state index < -0.39 is 0 Å². The molecule has 0 bridgehead atoms. The molecule has 50 heavy (non-hydrogen) atoms. The zero-order valence-corrected chi connectivity index (χ0v) is 27.3. The summed E-state index contributed by atoms with van der Waals surface area (Å²) in [6.07, 6.45) is 9.45. The van der Waals surface area contributed by atoms with Crippen LogP contribution in [0.4, 0.5) is 0 Å². The Bertz CT molecular complexity index is 2720. The van der Waals surface area contributed by atoms with Crippen LogP contribution >= 0.6 is 0 Å². The van der Waals surface area contributed by atoms with Crippen molar-refractivity contribution < 1.29 is 0 Å². The van der Waals surface area contributed by atoms with E-state index in [2.05, 4.69) is 164 Å². The zero-order valence-electron chi connectivity index (χ0n) is 27.3. The number of aromatic nitrogens is 3. The van der Waals surface area contributed by atoms with E-state index in [1.807, 2.05) is 6.20 Å². The van der Waals surface area contributed by atoms with Crippen molar-refractivity contribution in [2.45, 2.75) is 12.3 Å². The molecular formula is C47H31N3. The van der Waals surface area contributed by atoms with Gasteiger partial charge in [0.05, 0.1) is 17.1 Å². The average Bonchev–Trinajstić information content (AvgIpc) is 3.20. The molecule has 0 amide bonds. The summed E-state index contributed by atoms with van der Waals surface area (Å²) in [5.74, 6) is 0.843. The summed E-state index contributed by atoms with van der Waals surface area (Å²) in [5, 5.41) is 12.1. The van der Waals surface area contributed by atoms with Crippen molar-refractivity contribution in [3.05, 3.63) is 182 Å². The summed E-state index contributed by atoms with van der Waals surface area (Å²) in [5.41, 5.74) is 6.25. The second kappa shape index (κ2) is 11.6. The van der Waals surface area contributed by atoms with Crippen LogP contribution in [0.25, 0.3) is 82.0 Å². The van der Waals surface area contributed by atoms with E-state index in [0.717, 1.165) is 51.4 Å². The van der Waals surface area contributed by atoms with Crippen molar-refractivity contribution >= 4 is 59.4 Å². The zero-order chi connectivity index (χ0) is 33.0. The van der Waals surface area contributed by atoms with E-state index in [1.165, 1.54) is 48.5 Å². The quantitative estimate of drug-likeness (QED) is 0.180. The predicted molar refractivity (Wildman–Crippen MR) is 209 cm³/mol. The van der Waals surface area contributed by atoms with Crippen LogP contribution in [0.1, 0.15) is 23.9 Å². The highest BCUT2D eigenvalue weighted by Gasteiger charge is 2.21. The van der Waals surface area contributed by atoms with Crippen LogP contribution in [-0.4, -0.2) is 15.0 Å². The molecule has 1 aliphatic rings. The van der Waals surface area contributed by atoms with Gasteiger partial charge in [0.1, 0.15) is 5.82 Å². The molecule has 0 aliphatic heterocycles. The number of benzene rings is 7. The Morgan fingerprint density at radius 2 is 0.960 bits per heavy atom. The van der Waals surface area contributed by atoms with Crippen LogP contribution in [-0.2, 0) is 0 Å². The molecule has 0 radical (unpaired) electrons. The maximum absolute atomic E-state index is 5.39. The predicted octanol–water partition coefficient (Wildman–Crippen LogP) is 12.1. The van der Waals surface area contributed by atoms with Crippen LogP contribution in [0.5, 0.6) is 0 Å². The van der Waals surface area contributed by atoms with Crippen molar-refractivity contribution in [3.63, 3.8) is 0 Å². The van der Waals surface area contributed by atoms with Gasteiger partial charge in [0.15, 0.2) is 0 Å². The number of pyridine rings is 1. The minimum absolute atomic E-state index is 0.0193. The van der Waals surface area contributed by atoms with Crippen molar-refractivity contribution in [2.24, 2.45) is 0 Å². The molecule has 7 aromatic carbocycles. The maximum atomic E-state index is 5.39. The highest BCUT2D eigenvalue weighted by atomic mass is 14.9. The molecule has 2 heterocycles. The van der Waals surface area contributed by atoms with Gasteiger partial charge in [-0.15, -0.1) is 0 Å². The lowest BCUT2D eigenvalue weighted by molar-refractivity contribution is 0.777. The first-order valence-electron chi connectivity index (χ1n) is 17.2. The maximum Gasteiger partial charge on any atom is 0.136 e. The van der Waals surface area contributed by atoms with Gasteiger partial charge in [-0.05, 0) is 84.7 Å². The number of allylic oxidation sites excluding steroid dienone is 4. The first-order chi connectivity index (χ1) is 24.8. The van der Waals surface area contributed by atoms with Crippen molar-refractivity contribution in [2.75, 3.05) is 0 Å². The largest absolute Gasteiger partial charge is 0.256 e. The average molecular weight is 638 g/mol. The van der Waals surface area contributed by atoms with E-state index in [-0.39, 0.29) is 5.92 Å². The molecule has 0 saturated carbocycles. The van der Waals surface area contributed by atoms with E-state index in [0.29, 0.717) is 0 Å². The molecule has 9 aromatic rings. The Morgan fingerprint density at radius 1 is 0.460 bits per heavy atom. The molecule has 0 N–H and O–H groups in total. The van der Waals surface area contributed by atoms with Crippen molar-refractivity contribution in [1.29, 1.82) is 0 Å². The van der Waals surface area contributed by atoms with Gasteiger partial charge in [-0.3, -0.25) is 4.98 Å². The van der Waals surface area contributed by atoms with Gasteiger partial charge < -0.3 is 0 Å². The fourth-order valence-electron chi connectivity index (χ4n) is 7.78. The van der Waals surface area contributed by atoms with Gasteiger partial charge >= 0.3 is 0 Å². The summed E-state index contributed by atoms with van der Waals surface area (Å²) in [6, 6.07) is 52.0. The minimum atomic E-state index is 0.0193. The van der Waals surface area contributed by atoms with Gasteiger partial charge in [-0.25, -0.2) is 9.97 Å². The van der Waals surface area contributed by atoms with E-state index in [4.69, 9.17) is 15.0 Å². The van der Waals surface area contributed by atoms with E-state index >= 15 is 0 Å². The molecule has 1 unspecified atom stereocenters. The van der Waals surface area contributed by atoms with Crippen LogP contribution in [0.3, 0.4) is 0 Å². The van der Waals surface area contributed by atoms with Crippen molar-refractivity contribution in [3.8, 4) is 22.5 Å². The van der Waals surface area contributed by atoms with E-state index in [1.54, 1.807) is 0 Å². The number of hydrogen-bond donors (Lipinski definition) is 0. The molecule has 10 rings (SSSR count). The van der Waals surface area contributed by atoms with Gasteiger partial charge in [0, 0.05) is 28.6 Å². The minimum Gasteiger partial charge on any atom is -0.256 e. The van der Waals surface area contributed by atoms with Crippen LogP contribution < -0.4 is 0 Å². The molecular weight excluding hydrogens is 607 g/mol. The summed E-state index contributed by atoms with van der Waals surface area (Å²) in [7, 11) is 0. The second-order valence-corrected chi connectivity index (χ2v) is 13.1. The normalized spacial score (nSPS) is 14.6. The number of hydrogen-bond acceptors (Lipinski definition) is 3. The Labute approximate surface area is 289 Å². The summed E-state index contributed by atoms with van der Waals surface area (Å²) in [4.78, 5) is 15.6.